The van der Waals surface area contributed by atoms with Gasteiger partial charge in [0.1, 0.15) is 5.75 Å². The van der Waals surface area contributed by atoms with Crippen LogP contribution in [0.4, 0.5) is 5.69 Å². The van der Waals surface area contributed by atoms with E-state index < -0.39 is 18.0 Å². The molecule has 0 radical (unpaired) electrons. The highest BCUT2D eigenvalue weighted by Gasteiger charge is 2.17. The molecule has 1 N–H and O–H groups in total. The Labute approximate surface area is 173 Å². The van der Waals surface area contributed by atoms with Gasteiger partial charge in [-0.1, -0.05) is 41.9 Å². The number of rotatable bonds is 6. The fraction of sp³-hybridized carbons (Fsp3) is 0.130. The Morgan fingerprint density at radius 3 is 2.52 bits per heavy atom. The van der Waals surface area contributed by atoms with Gasteiger partial charge in [-0.25, -0.2) is 4.79 Å². The Morgan fingerprint density at radius 1 is 1.03 bits per heavy atom. The molecule has 3 rings (SSSR count). The topological polar surface area (TPSA) is 64.6 Å². The number of carbonyl (C=O) groups is 2. The molecule has 0 fully saturated rings. The summed E-state index contributed by atoms with van der Waals surface area (Å²) in [6.07, 6.45) is 1.97. The van der Waals surface area contributed by atoms with Gasteiger partial charge in [-0.05, 0) is 59.7 Å². The lowest BCUT2D eigenvalue weighted by Crippen LogP contribution is -2.29. The van der Waals surface area contributed by atoms with Crippen LogP contribution in [0.1, 0.15) is 12.5 Å². The number of para-hydroxylation sites is 1. The Hall–Kier alpha value is -3.31. The number of nitrogens with one attached hydrogen (secondary N) is 1. The number of hydrogen-bond donors (Lipinski definition) is 1. The summed E-state index contributed by atoms with van der Waals surface area (Å²) in [6.45, 7) is 1.50. The van der Waals surface area contributed by atoms with Crippen molar-refractivity contribution in [3.8, 4) is 5.75 Å². The number of esters is 1. The molecular formula is C23H20ClNO4. The monoisotopic (exact) mass is 409 g/mol. The molecule has 3 aromatic carbocycles. The number of amides is 1. The predicted molar refractivity (Wildman–Crippen MR) is 115 cm³/mol. The van der Waals surface area contributed by atoms with Gasteiger partial charge in [0.25, 0.3) is 5.91 Å². The van der Waals surface area contributed by atoms with Crippen LogP contribution < -0.4 is 10.1 Å². The van der Waals surface area contributed by atoms with E-state index in [1.807, 2.05) is 36.4 Å². The number of anilines is 1. The minimum Gasteiger partial charge on any atom is -0.497 e. The van der Waals surface area contributed by atoms with Crippen molar-refractivity contribution in [1.82, 2.24) is 0 Å². The lowest BCUT2D eigenvalue weighted by atomic mass is 10.1. The summed E-state index contributed by atoms with van der Waals surface area (Å²) in [5.74, 6) is -0.283. The molecule has 0 saturated heterocycles. The largest absolute Gasteiger partial charge is 0.497 e. The molecule has 0 aromatic heterocycles. The molecule has 6 heteroatoms. The van der Waals surface area contributed by atoms with E-state index in [2.05, 4.69) is 5.32 Å². The van der Waals surface area contributed by atoms with Gasteiger partial charge in [0.05, 0.1) is 17.8 Å². The zero-order valence-electron chi connectivity index (χ0n) is 16.0. The summed E-state index contributed by atoms with van der Waals surface area (Å²) in [7, 11) is 1.62. The third kappa shape index (κ3) is 5.36. The molecule has 0 spiro atoms. The van der Waals surface area contributed by atoms with Gasteiger partial charge in [-0.15, -0.1) is 0 Å². The molecule has 1 amide bonds. The molecule has 0 unspecified atom stereocenters. The normalized spacial score (nSPS) is 12.0. The van der Waals surface area contributed by atoms with Crippen molar-refractivity contribution < 1.29 is 19.1 Å². The maximum Gasteiger partial charge on any atom is 0.331 e. The number of fused-ring (bicyclic) bond motifs is 1. The molecule has 0 aliphatic heterocycles. The van der Waals surface area contributed by atoms with Crippen LogP contribution in [0.15, 0.2) is 66.7 Å². The van der Waals surface area contributed by atoms with Gasteiger partial charge >= 0.3 is 5.97 Å². The van der Waals surface area contributed by atoms with Crippen LogP contribution in [-0.4, -0.2) is 25.1 Å². The lowest BCUT2D eigenvalue weighted by molar-refractivity contribution is -0.148. The smallest absolute Gasteiger partial charge is 0.331 e. The van der Waals surface area contributed by atoms with E-state index in [0.717, 1.165) is 22.1 Å². The SMILES string of the molecule is COc1ccc2cc(/C=C/C(=O)O[C@H](C)C(=O)Nc3ccccc3Cl)ccc2c1. The number of ether oxygens (including phenoxy) is 2. The van der Waals surface area contributed by atoms with E-state index in [4.69, 9.17) is 21.1 Å². The lowest BCUT2D eigenvalue weighted by Gasteiger charge is -2.13. The summed E-state index contributed by atoms with van der Waals surface area (Å²) < 4.78 is 10.4. The van der Waals surface area contributed by atoms with E-state index in [1.165, 1.54) is 13.0 Å². The first-order valence-corrected chi connectivity index (χ1v) is 9.36. The number of halogens is 1. The Balaban J connectivity index is 1.60. The highest BCUT2D eigenvalue weighted by Crippen LogP contribution is 2.23. The van der Waals surface area contributed by atoms with Crippen LogP contribution in [0.5, 0.6) is 5.75 Å². The Morgan fingerprint density at radius 2 is 1.76 bits per heavy atom. The molecule has 29 heavy (non-hydrogen) atoms. The minimum atomic E-state index is -0.965. The van der Waals surface area contributed by atoms with Crippen molar-refractivity contribution in [2.24, 2.45) is 0 Å². The highest BCUT2D eigenvalue weighted by molar-refractivity contribution is 6.33. The van der Waals surface area contributed by atoms with Crippen molar-refractivity contribution in [2.75, 3.05) is 12.4 Å². The van der Waals surface area contributed by atoms with Crippen LogP contribution in [0, 0.1) is 0 Å². The van der Waals surface area contributed by atoms with Crippen LogP contribution >= 0.6 is 11.6 Å². The van der Waals surface area contributed by atoms with Gasteiger partial charge in [0.2, 0.25) is 0 Å². The predicted octanol–water partition coefficient (Wildman–Crippen LogP) is 5.09. The number of benzene rings is 3. The molecule has 0 heterocycles. The molecule has 5 nitrogen and oxygen atoms in total. The second-order valence-corrected chi connectivity index (χ2v) is 6.76. The quantitative estimate of drug-likeness (QED) is 0.455. The molecule has 3 aromatic rings. The first-order chi connectivity index (χ1) is 14.0. The zero-order valence-corrected chi connectivity index (χ0v) is 16.8. The van der Waals surface area contributed by atoms with Crippen LogP contribution in [0.3, 0.4) is 0 Å². The van der Waals surface area contributed by atoms with Gasteiger partial charge in [0.15, 0.2) is 6.10 Å². The maximum absolute atomic E-state index is 12.2. The first kappa shape index (κ1) is 20.4. The van der Waals surface area contributed by atoms with E-state index in [0.29, 0.717) is 10.7 Å². The molecule has 148 valence electrons. The summed E-state index contributed by atoms with van der Waals surface area (Å²) >= 11 is 6.01. The molecule has 0 saturated carbocycles. The van der Waals surface area contributed by atoms with Crippen molar-refractivity contribution in [1.29, 1.82) is 0 Å². The standard InChI is InChI=1S/C23H20ClNO4/c1-15(23(27)25-21-6-4-3-5-20(21)24)29-22(26)12-8-16-7-9-18-14-19(28-2)11-10-17(18)13-16/h3-15H,1-2H3,(H,25,27)/b12-8+/t15-/m1/s1. The summed E-state index contributed by atoms with van der Waals surface area (Å²) in [5, 5.41) is 5.10. The number of carbonyl (C=O) groups excluding carboxylic acids is 2. The Kier molecular flexibility index (Phi) is 6.52. The summed E-state index contributed by atoms with van der Waals surface area (Å²) in [6, 6.07) is 18.4. The van der Waals surface area contributed by atoms with Crippen molar-refractivity contribution in [3.05, 3.63) is 77.3 Å². The second-order valence-electron chi connectivity index (χ2n) is 6.35. The number of hydrogen-bond acceptors (Lipinski definition) is 4. The first-order valence-electron chi connectivity index (χ1n) is 8.98. The molecule has 0 aliphatic carbocycles. The van der Waals surface area contributed by atoms with Gasteiger partial charge < -0.3 is 14.8 Å². The van der Waals surface area contributed by atoms with Gasteiger partial charge in [-0.2, -0.15) is 0 Å². The second kappa shape index (κ2) is 9.26. The van der Waals surface area contributed by atoms with Crippen molar-refractivity contribution in [2.45, 2.75) is 13.0 Å². The van der Waals surface area contributed by atoms with Crippen molar-refractivity contribution >= 4 is 46.0 Å². The Bertz CT molecular complexity index is 1080. The highest BCUT2D eigenvalue weighted by atomic mass is 35.5. The third-order valence-electron chi connectivity index (χ3n) is 4.28. The average Bonchev–Trinajstić information content (AvgIpc) is 2.73. The molecular weight excluding hydrogens is 390 g/mol. The molecule has 0 bridgehead atoms. The van der Waals surface area contributed by atoms with E-state index in [-0.39, 0.29) is 0 Å². The average molecular weight is 410 g/mol. The van der Waals surface area contributed by atoms with Crippen LogP contribution in [-0.2, 0) is 14.3 Å². The van der Waals surface area contributed by atoms with Gasteiger partial charge in [-0.3, -0.25) is 4.79 Å². The van der Waals surface area contributed by atoms with E-state index >= 15 is 0 Å². The zero-order chi connectivity index (χ0) is 20.8. The fourth-order valence-corrected chi connectivity index (χ4v) is 2.88. The third-order valence-corrected chi connectivity index (χ3v) is 4.61. The van der Waals surface area contributed by atoms with E-state index in [1.54, 1.807) is 37.5 Å². The van der Waals surface area contributed by atoms with Gasteiger partial charge in [0, 0.05) is 6.08 Å². The molecule has 0 aliphatic rings. The van der Waals surface area contributed by atoms with Crippen molar-refractivity contribution in [3.63, 3.8) is 0 Å². The maximum atomic E-state index is 12.2. The number of methoxy groups -OCH3 is 1. The summed E-state index contributed by atoms with van der Waals surface area (Å²) in [5.41, 5.74) is 1.30. The minimum absolute atomic E-state index is 0.410. The van der Waals surface area contributed by atoms with Crippen LogP contribution in [0.2, 0.25) is 5.02 Å². The fourth-order valence-electron chi connectivity index (χ4n) is 2.70. The summed E-state index contributed by atoms with van der Waals surface area (Å²) in [4.78, 5) is 24.3. The van der Waals surface area contributed by atoms with E-state index in [9.17, 15) is 9.59 Å². The van der Waals surface area contributed by atoms with Crippen LogP contribution in [0.25, 0.3) is 16.8 Å². The molecule has 1 atom stereocenters.